The quantitative estimate of drug-likeness (QED) is 0.789. The van der Waals surface area contributed by atoms with Crippen LogP contribution in [0.1, 0.15) is 10.4 Å². The van der Waals surface area contributed by atoms with Crippen molar-refractivity contribution >= 4 is 22.4 Å². The van der Waals surface area contributed by atoms with Crippen LogP contribution in [0.3, 0.4) is 0 Å². The summed E-state index contributed by atoms with van der Waals surface area (Å²) in [5.74, 6) is 1.32. The van der Waals surface area contributed by atoms with E-state index in [2.05, 4.69) is 5.32 Å². The van der Waals surface area contributed by atoms with E-state index in [1.807, 2.05) is 42.5 Å². The van der Waals surface area contributed by atoms with Crippen molar-refractivity contribution in [3.05, 3.63) is 60.2 Å². The van der Waals surface area contributed by atoms with E-state index in [0.717, 1.165) is 16.5 Å². The summed E-state index contributed by atoms with van der Waals surface area (Å²) in [5.41, 5.74) is 1.19. The van der Waals surface area contributed by atoms with Gasteiger partial charge < -0.3 is 19.5 Å². The van der Waals surface area contributed by atoms with Gasteiger partial charge in [-0.2, -0.15) is 0 Å². The Bertz CT molecular complexity index is 934. The second-order valence-electron chi connectivity index (χ2n) is 5.72. The van der Waals surface area contributed by atoms with Crippen molar-refractivity contribution in [3.8, 4) is 17.2 Å². The average Bonchev–Trinajstić information content (AvgIpc) is 2.67. The molecule has 126 valence electrons. The highest BCUT2D eigenvalue weighted by molar-refractivity contribution is 6.06. The fourth-order valence-corrected chi connectivity index (χ4v) is 2.87. The van der Waals surface area contributed by atoms with Gasteiger partial charge in [0, 0.05) is 11.3 Å². The molecule has 25 heavy (non-hydrogen) atoms. The first kappa shape index (κ1) is 15.3. The lowest BCUT2D eigenvalue weighted by Gasteiger charge is -2.21. The fraction of sp³-hybridized carbons (Fsp3) is 0.150. The molecule has 0 radical (unpaired) electrons. The molecule has 1 amide bonds. The number of fused-ring (bicyclic) bond motifs is 2. The van der Waals surface area contributed by atoms with Crippen LogP contribution in [0.15, 0.2) is 54.6 Å². The number of hydrogen-bond acceptors (Lipinski definition) is 4. The lowest BCUT2D eigenvalue weighted by molar-refractivity contribution is 0.102. The van der Waals surface area contributed by atoms with Crippen molar-refractivity contribution < 1.29 is 19.0 Å². The highest BCUT2D eigenvalue weighted by atomic mass is 16.6. The molecule has 0 saturated carbocycles. The number of methoxy groups -OCH3 is 1. The number of benzene rings is 3. The van der Waals surface area contributed by atoms with Crippen LogP contribution in [0.2, 0.25) is 0 Å². The molecule has 1 aliphatic heterocycles. The zero-order chi connectivity index (χ0) is 17.2. The summed E-state index contributed by atoms with van der Waals surface area (Å²) in [6.45, 7) is 0.915. The number of hydrogen-bond donors (Lipinski definition) is 1. The predicted molar refractivity (Wildman–Crippen MR) is 95.9 cm³/mol. The maximum absolute atomic E-state index is 12.6. The highest BCUT2D eigenvalue weighted by Gasteiger charge is 2.21. The minimum atomic E-state index is -0.231. The minimum absolute atomic E-state index is 0.231. The summed E-state index contributed by atoms with van der Waals surface area (Å²) in [4.78, 5) is 12.6. The molecular weight excluding hydrogens is 318 g/mol. The van der Waals surface area contributed by atoms with Crippen molar-refractivity contribution in [1.82, 2.24) is 0 Å². The van der Waals surface area contributed by atoms with Crippen molar-refractivity contribution in [2.75, 3.05) is 25.6 Å². The molecule has 0 atom stereocenters. The first-order valence-electron chi connectivity index (χ1n) is 8.02. The Kier molecular flexibility index (Phi) is 3.90. The van der Waals surface area contributed by atoms with Crippen LogP contribution < -0.4 is 19.5 Å². The van der Waals surface area contributed by atoms with Gasteiger partial charge in [-0.05, 0) is 35.0 Å². The standard InChI is InChI=1S/C20H17NO4/c1-23-17-11-15(12-18-19(17)25-9-8-24-18)20(22)21-16-7-6-13-4-2-3-5-14(13)10-16/h2-7,10-12H,8-9H2,1H3,(H,21,22). The summed E-state index contributed by atoms with van der Waals surface area (Å²) >= 11 is 0. The van der Waals surface area contributed by atoms with Gasteiger partial charge in [0.2, 0.25) is 5.75 Å². The second kappa shape index (κ2) is 6.36. The highest BCUT2D eigenvalue weighted by Crippen LogP contribution is 2.40. The molecule has 4 rings (SSSR count). The van der Waals surface area contributed by atoms with Gasteiger partial charge in [0.1, 0.15) is 13.2 Å². The first-order chi connectivity index (χ1) is 12.2. The van der Waals surface area contributed by atoms with Crippen molar-refractivity contribution in [1.29, 1.82) is 0 Å². The normalized spacial score (nSPS) is 12.7. The van der Waals surface area contributed by atoms with Crippen LogP contribution in [-0.2, 0) is 0 Å². The van der Waals surface area contributed by atoms with E-state index < -0.39 is 0 Å². The first-order valence-corrected chi connectivity index (χ1v) is 8.02. The van der Waals surface area contributed by atoms with Gasteiger partial charge in [-0.1, -0.05) is 30.3 Å². The molecule has 0 fully saturated rings. The monoisotopic (exact) mass is 335 g/mol. The summed E-state index contributed by atoms with van der Waals surface area (Å²) < 4.78 is 16.5. The molecule has 5 heteroatoms. The fourth-order valence-electron chi connectivity index (χ4n) is 2.87. The Morgan fingerprint density at radius 1 is 1.00 bits per heavy atom. The summed E-state index contributed by atoms with van der Waals surface area (Å²) in [5, 5.41) is 5.11. The lowest BCUT2D eigenvalue weighted by atomic mass is 10.1. The zero-order valence-corrected chi connectivity index (χ0v) is 13.7. The molecule has 1 heterocycles. The third kappa shape index (κ3) is 2.96. The van der Waals surface area contributed by atoms with Crippen LogP contribution in [0.25, 0.3) is 10.8 Å². The second-order valence-corrected chi connectivity index (χ2v) is 5.72. The smallest absolute Gasteiger partial charge is 0.255 e. The Balaban J connectivity index is 1.63. The van der Waals surface area contributed by atoms with Crippen LogP contribution in [0, 0.1) is 0 Å². The van der Waals surface area contributed by atoms with Gasteiger partial charge >= 0.3 is 0 Å². The SMILES string of the molecule is COc1cc(C(=O)Nc2ccc3ccccc3c2)cc2c1OCCO2. The van der Waals surface area contributed by atoms with Crippen LogP contribution in [0.5, 0.6) is 17.2 Å². The van der Waals surface area contributed by atoms with Gasteiger partial charge in [0.15, 0.2) is 11.5 Å². The third-order valence-electron chi connectivity index (χ3n) is 4.10. The van der Waals surface area contributed by atoms with Gasteiger partial charge in [-0.15, -0.1) is 0 Å². The molecule has 0 unspecified atom stereocenters. The molecule has 0 spiro atoms. The lowest BCUT2D eigenvalue weighted by Crippen LogP contribution is -2.18. The minimum Gasteiger partial charge on any atom is -0.493 e. The van der Waals surface area contributed by atoms with E-state index >= 15 is 0 Å². The van der Waals surface area contributed by atoms with E-state index in [1.54, 1.807) is 19.2 Å². The van der Waals surface area contributed by atoms with Gasteiger partial charge in [-0.3, -0.25) is 4.79 Å². The largest absolute Gasteiger partial charge is 0.493 e. The number of amides is 1. The average molecular weight is 335 g/mol. The number of anilines is 1. The number of ether oxygens (including phenoxy) is 3. The summed E-state index contributed by atoms with van der Waals surface area (Å²) in [6.07, 6.45) is 0. The van der Waals surface area contributed by atoms with Gasteiger partial charge in [-0.25, -0.2) is 0 Å². The number of carbonyl (C=O) groups excluding carboxylic acids is 1. The molecule has 0 aliphatic carbocycles. The van der Waals surface area contributed by atoms with Gasteiger partial charge in [0.05, 0.1) is 7.11 Å². The molecule has 0 bridgehead atoms. The van der Waals surface area contributed by atoms with Crippen molar-refractivity contribution in [3.63, 3.8) is 0 Å². The Morgan fingerprint density at radius 3 is 2.64 bits per heavy atom. The van der Waals surface area contributed by atoms with E-state index in [1.165, 1.54) is 0 Å². The molecule has 0 aromatic heterocycles. The zero-order valence-electron chi connectivity index (χ0n) is 13.7. The summed E-state index contributed by atoms with van der Waals surface area (Å²) in [7, 11) is 1.54. The van der Waals surface area contributed by atoms with Gasteiger partial charge in [0.25, 0.3) is 5.91 Å². The van der Waals surface area contributed by atoms with E-state index in [4.69, 9.17) is 14.2 Å². The topological polar surface area (TPSA) is 56.8 Å². The van der Waals surface area contributed by atoms with Crippen molar-refractivity contribution in [2.24, 2.45) is 0 Å². The van der Waals surface area contributed by atoms with E-state index in [9.17, 15) is 4.79 Å². The molecular formula is C20H17NO4. The number of rotatable bonds is 3. The number of nitrogens with one attached hydrogen (secondary N) is 1. The molecule has 1 aliphatic rings. The van der Waals surface area contributed by atoms with E-state index in [0.29, 0.717) is 36.0 Å². The van der Waals surface area contributed by atoms with Crippen molar-refractivity contribution in [2.45, 2.75) is 0 Å². The molecule has 3 aromatic rings. The summed E-state index contributed by atoms with van der Waals surface area (Å²) in [6, 6.07) is 17.1. The maximum Gasteiger partial charge on any atom is 0.255 e. The maximum atomic E-state index is 12.6. The molecule has 0 saturated heterocycles. The molecule has 3 aromatic carbocycles. The Labute approximate surface area is 145 Å². The Hall–Kier alpha value is -3.21. The molecule has 1 N–H and O–H groups in total. The number of carbonyl (C=O) groups is 1. The predicted octanol–water partition coefficient (Wildman–Crippen LogP) is 3.87. The Morgan fingerprint density at radius 2 is 1.80 bits per heavy atom. The van der Waals surface area contributed by atoms with E-state index in [-0.39, 0.29) is 5.91 Å². The van der Waals surface area contributed by atoms with Crippen LogP contribution in [-0.4, -0.2) is 26.2 Å². The molecule has 5 nitrogen and oxygen atoms in total. The van der Waals surface area contributed by atoms with Crippen LogP contribution >= 0.6 is 0 Å². The third-order valence-corrected chi connectivity index (χ3v) is 4.10. The van der Waals surface area contributed by atoms with Crippen LogP contribution in [0.4, 0.5) is 5.69 Å².